The minimum Gasteiger partial charge on any atom is -0.477 e. The third-order valence-corrected chi connectivity index (χ3v) is 3.01. The van der Waals surface area contributed by atoms with E-state index in [1.807, 2.05) is 6.92 Å². The molecule has 0 aromatic carbocycles. The van der Waals surface area contributed by atoms with Crippen molar-refractivity contribution in [1.29, 1.82) is 0 Å². The molecule has 84 valence electrons. The highest BCUT2D eigenvalue weighted by Crippen LogP contribution is 2.24. The highest BCUT2D eigenvalue weighted by atomic mass is 35.5. The van der Waals surface area contributed by atoms with E-state index in [9.17, 15) is 0 Å². The Morgan fingerprint density at radius 3 is 2.73 bits per heavy atom. The molecule has 1 aromatic heterocycles. The molecular weight excluding hydrogens is 212 g/mol. The maximum atomic E-state index is 6.17. The molecule has 0 radical (unpaired) electrons. The summed E-state index contributed by atoms with van der Waals surface area (Å²) in [6, 6.07) is 0. The van der Waals surface area contributed by atoms with Crippen LogP contribution in [-0.4, -0.2) is 22.0 Å². The number of hydrogen-bond donors (Lipinski definition) is 0. The molecule has 2 unspecified atom stereocenters. The van der Waals surface area contributed by atoms with Gasteiger partial charge >= 0.3 is 0 Å². The van der Waals surface area contributed by atoms with Gasteiger partial charge in [-0.25, -0.2) is 4.98 Å². The Balaban J connectivity index is 2.80. The van der Waals surface area contributed by atoms with Gasteiger partial charge in [0.15, 0.2) is 0 Å². The van der Waals surface area contributed by atoms with E-state index >= 15 is 0 Å². The fourth-order valence-electron chi connectivity index (χ4n) is 1.34. The topological polar surface area (TPSA) is 35.0 Å². The first-order chi connectivity index (χ1) is 7.19. The standard InChI is InChI=1S/C11H17ClN2O/c1-4-9(12)8(3)10-6-13-7-11(14-10)15-5-2/h6-9H,4-5H2,1-3H3. The summed E-state index contributed by atoms with van der Waals surface area (Å²) in [6.07, 6.45) is 4.29. The predicted molar refractivity (Wildman–Crippen MR) is 61.5 cm³/mol. The third-order valence-electron chi connectivity index (χ3n) is 2.32. The van der Waals surface area contributed by atoms with Crippen molar-refractivity contribution in [2.45, 2.75) is 38.5 Å². The van der Waals surface area contributed by atoms with Gasteiger partial charge in [0.2, 0.25) is 5.88 Å². The number of nitrogens with zero attached hydrogens (tertiary/aromatic N) is 2. The molecule has 15 heavy (non-hydrogen) atoms. The number of aromatic nitrogens is 2. The zero-order chi connectivity index (χ0) is 11.3. The van der Waals surface area contributed by atoms with Gasteiger partial charge in [0.05, 0.1) is 18.5 Å². The lowest BCUT2D eigenvalue weighted by Gasteiger charge is -2.15. The van der Waals surface area contributed by atoms with Crippen LogP contribution in [0.2, 0.25) is 0 Å². The summed E-state index contributed by atoms with van der Waals surface area (Å²) in [5.41, 5.74) is 0.891. The first-order valence-corrected chi connectivity index (χ1v) is 5.71. The molecule has 1 heterocycles. The first kappa shape index (κ1) is 12.2. The number of halogens is 1. The normalized spacial score (nSPS) is 14.7. The van der Waals surface area contributed by atoms with Crippen LogP contribution in [0.1, 0.15) is 38.8 Å². The van der Waals surface area contributed by atoms with Crippen LogP contribution in [0, 0.1) is 0 Å². The fourth-order valence-corrected chi connectivity index (χ4v) is 1.47. The van der Waals surface area contributed by atoms with Crippen molar-refractivity contribution >= 4 is 11.6 Å². The van der Waals surface area contributed by atoms with Crippen molar-refractivity contribution in [2.24, 2.45) is 0 Å². The average Bonchev–Trinajstić information content (AvgIpc) is 2.28. The first-order valence-electron chi connectivity index (χ1n) is 5.27. The average molecular weight is 229 g/mol. The summed E-state index contributed by atoms with van der Waals surface area (Å²) < 4.78 is 5.29. The lowest BCUT2D eigenvalue weighted by atomic mass is 10.0. The van der Waals surface area contributed by atoms with Crippen LogP contribution >= 0.6 is 11.6 Å². The number of rotatable bonds is 5. The van der Waals surface area contributed by atoms with Crippen LogP contribution in [-0.2, 0) is 0 Å². The van der Waals surface area contributed by atoms with Crippen LogP contribution in [0.3, 0.4) is 0 Å². The van der Waals surface area contributed by atoms with Gasteiger partial charge in [0.1, 0.15) is 0 Å². The second kappa shape index (κ2) is 5.91. The van der Waals surface area contributed by atoms with E-state index in [-0.39, 0.29) is 11.3 Å². The summed E-state index contributed by atoms with van der Waals surface area (Å²) in [7, 11) is 0. The van der Waals surface area contributed by atoms with Crippen LogP contribution < -0.4 is 4.74 Å². The molecule has 0 spiro atoms. The molecule has 4 heteroatoms. The van der Waals surface area contributed by atoms with Crippen LogP contribution in [0.15, 0.2) is 12.4 Å². The van der Waals surface area contributed by atoms with E-state index in [4.69, 9.17) is 16.3 Å². The number of ether oxygens (including phenoxy) is 1. The summed E-state index contributed by atoms with van der Waals surface area (Å²) in [6.45, 7) is 6.65. The Morgan fingerprint density at radius 2 is 2.13 bits per heavy atom. The minimum atomic E-state index is 0.0937. The molecule has 0 amide bonds. The zero-order valence-corrected chi connectivity index (χ0v) is 10.2. The molecule has 0 saturated carbocycles. The Morgan fingerprint density at radius 1 is 1.40 bits per heavy atom. The molecule has 0 aliphatic rings. The SMILES string of the molecule is CCOc1cncc(C(C)C(Cl)CC)n1. The number of alkyl halides is 1. The molecule has 3 nitrogen and oxygen atoms in total. The van der Waals surface area contributed by atoms with Crippen molar-refractivity contribution in [3.8, 4) is 5.88 Å². The van der Waals surface area contributed by atoms with Crippen molar-refractivity contribution in [1.82, 2.24) is 9.97 Å². The molecular formula is C11H17ClN2O. The molecule has 1 aromatic rings. The lowest BCUT2D eigenvalue weighted by molar-refractivity contribution is 0.323. The van der Waals surface area contributed by atoms with Crippen molar-refractivity contribution in [2.75, 3.05) is 6.61 Å². The van der Waals surface area contributed by atoms with Crippen molar-refractivity contribution < 1.29 is 4.74 Å². The Hall–Kier alpha value is -0.830. The van der Waals surface area contributed by atoms with Crippen LogP contribution in [0.4, 0.5) is 0 Å². The van der Waals surface area contributed by atoms with Gasteiger partial charge in [-0.05, 0) is 13.3 Å². The lowest BCUT2D eigenvalue weighted by Crippen LogP contribution is -2.11. The van der Waals surface area contributed by atoms with E-state index < -0.39 is 0 Å². The van der Waals surface area contributed by atoms with Gasteiger partial charge in [0, 0.05) is 17.5 Å². The maximum Gasteiger partial charge on any atom is 0.232 e. The van der Waals surface area contributed by atoms with Crippen LogP contribution in [0.5, 0.6) is 5.88 Å². The predicted octanol–water partition coefficient (Wildman–Crippen LogP) is 3.00. The van der Waals surface area contributed by atoms with E-state index in [2.05, 4.69) is 23.8 Å². The van der Waals surface area contributed by atoms with E-state index in [0.29, 0.717) is 12.5 Å². The Labute approximate surface area is 95.8 Å². The summed E-state index contributed by atoms with van der Waals surface area (Å²) >= 11 is 6.17. The van der Waals surface area contributed by atoms with E-state index in [1.54, 1.807) is 12.4 Å². The molecule has 2 atom stereocenters. The monoisotopic (exact) mass is 228 g/mol. The van der Waals surface area contributed by atoms with E-state index in [0.717, 1.165) is 12.1 Å². The largest absolute Gasteiger partial charge is 0.477 e. The van der Waals surface area contributed by atoms with E-state index in [1.165, 1.54) is 0 Å². The highest BCUT2D eigenvalue weighted by Gasteiger charge is 2.16. The number of hydrogen-bond acceptors (Lipinski definition) is 3. The summed E-state index contributed by atoms with van der Waals surface area (Å²) in [4.78, 5) is 8.46. The molecule has 0 N–H and O–H groups in total. The minimum absolute atomic E-state index is 0.0937. The second-order valence-corrected chi connectivity index (χ2v) is 3.99. The summed E-state index contributed by atoms with van der Waals surface area (Å²) in [5, 5.41) is 0.0937. The molecule has 0 aliphatic heterocycles. The van der Waals surface area contributed by atoms with Crippen molar-refractivity contribution in [3.05, 3.63) is 18.1 Å². The zero-order valence-electron chi connectivity index (χ0n) is 9.40. The smallest absolute Gasteiger partial charge is 0.232 e. The van der Waals surface area contributed by atoms with Gasteiger partial charge in [-0.2, -0.15) is 0 Å². The Kier molecular flexibility index (Phi) is 4.82. The van der Waals surface area contributed by atoms with Gasteiger partial charge in [0.25, 0.3) is 0 Å². The van der Waals surface area contributed by atoms with Gasteiger partial charge in [-0.3, -0.25) is 4.98 Å². The fraction of sp³-hybridized carbons (Fsp3) is 0.636. The van der Waals surface area contributed by atoms with Crippen LogP contribution in [0.25, 0.3) is 0 Å². The van der Waals surface area contributed by atoms with Crippen molar-refractivity contribution in [3.63, 3.8) is 0 Å². The van der Waals surface area contributed by atoms with Gasteiger partial charge < -0.3 is 4.74 Å². The van der Waals surface area contributed by atoms with Gasteiger partial charge in [-0.1, -0.05) is 13.8 Å². The molecule has 0 fully saturated rings. The van der Waals surface area contributed by atoms with Gasteiger partial charge in [-0.15, -0.1) is 11.6 Å². The molecule has 1 rings (SSSR count). The Bertz CT molecular complexity index is 306. The maximum absolute atomic E-state index is 6.17. The summed E-state index contributed by atoms with van der Waals surface area (Å²) in [5.74, 6) is 0.770. The highest BCUT2D eigenvalue weighted by molar-refractivity contribution is 6.21. The second-order valence-electron chi connectivity index (χ2n) is 3.43. The quantitative estimate of drug-likeness (QED) is 0.727. The molecule has 0 bridgehead atoms. The molecule has 0 aliphatic carbocycles. The molecule has 0 saturated heterocycles. The third kappa shape index (κ3) is 3.34.